The number of halogens is 3. The van der Waals surface area contributed by atoms with E-state index in [4.69, 9.17) is 0 Å². The number of nitro benzene ring substituents is 1. The van der Waals surface area contributed by atoms with Crippen LogP contribution in [0, 0.1) is 15.9 Å². The average Bonchev–Trinajstić information content (AvgIpc) is 2.89. The quantitative estimate of drug-likeness (QED) is 0.647. The molecule has 1 aliphatic carbocycles. The van der Waals surface area contributed by atoms with Crippen LogP contribution in [0.2, 0.25) is 0 Å². The van der Waals surface area contributed by atoms with Crippen molar-refractivity contribution >= 4 is 11.4 Å². The summed E-state index contributed by atoms with van der Waals surface area (Å²) < 4.78 is 42.5. The van der Waals surface area contributed by atoms with Crippen LogP contribution in [0.1, 0.15) is 23.6 Å². The van der Waals surface area contributed by atoms with Crippen LogP contribution in [0.3, 0.4) is 0 Å². The van der Waals surface area contributed by atoms with Gasteiger partial charge in [-0.2, -0.15) is 8.78 Å². The van der Waals surface area contributed by atoms with Gasteiger partial charge < -0.3 is 10.1 Å². The number of fused-ring (bicyclic) bond motifs is 1. The van der Waals surface area contributed by atoms with E-state index in [-0.39, 0.29) is 11.9 Å². The SMILES string of the molecule is O=[N+]([O-])c1ccc(NC2CCc3ccc(F)cc32)cc1OC(F)F. The summed E-state index contributed by atoms with van der Waals surface area (Å²) in [6.07, 6.45) is 1.47. The minimum absolute atomic E-state index is 0.198. The summed E-state index contributed by atoms with van der Waals surface area (Å²) in [5.41, 5.74) is 1.65. The van der Waals surface area contributed by atoms with Crippen LogP contribution in [0.4, 0.5) is 24.5 Å². The van der Waals surface area contributed by atoms with E-state index in [0.717, 1.165) is 29.7 Å². The smallest absolute Gasteiger partial charge is 0.387 e. The van der Waals surface area contributed by atoms with Crippen molar-refractivity contribution in [3.8, 4) is 5.75 Å². The molecular formula is C16H13F3N2O3. The molecule has 0 aliphatic heterocycles. The summed E-state index contributed by atoms with van der Waals surface area (Å²) >= 11 is 0. The van der Waals surface area contributed by atoms with Gasteiger partial charge in [-0.15, -0.1) is 0 Å². The Bertz CT molecular complexity index is 783. The summed E-state index contributed by atoms with van der Waals surface area (Å²) in [6, 6.07) is 8.00. The van der Waals surface area contributed by atoms with Crippen LogP contribution in [0.5, 0.6) is 5.75 Å². The summed E-state index contributed by atoms with van der Waals surface area (Å²) in [5.74, 6) is -0.870. The van der Waals surface area contributed by atoms with Gasteiger partial charge >= 0.3 is 12.3 Å². The third-order valence-electron chi connectivity index (χ3n) is 3.90. The predicted octanol–water partition coefficient (Wildman–Crippen LogP) is 4.43. The molecule has 3 rings (SSSR count). The lowest BCUT2D eigenvalue weighted by atomic mass is 10.1. The van der Waals surface area contributed by atoms with Gasteiger partial charge in [0.25, 0.3) is 0 Å². The average molecular weight is 338 g/mol. The molecule has 1 aliphatic rings. The van der Waals surface area contributed by atoms with E-state index in [2.05, 4.69) is 10.1 Å². The number of anilines is 1. The highest BCUT2D eigenvalue weighted by molar-refractivity contribution is 5.59. The van der Waals surface area contributed by atoms with Crippen LogP contribution < -0.4 is 10.1 Å². The molecule has 8 heteroatoms. The summed E-state index contributed by atoms with van der Waals surface area (Å²) in [6.45, 7) is -3.17. The van der Waals surface area contributed by atoms with Crippen LogP contribution in [0.25, 0.3) is 0 Å². The third-order valence-corrected chi connectivity index (χ3v) is 3.90. The molecule has 1 atom stereocenters. The van der Waals surface area contributed by atoms with Gasteiger partial charge in [-0.05, 0) is 42.2 Å². The van der Waals surface area contributed by atoms with Gasteiger partial charge in [0.15, 0.2) is 0 Å². The van der Waals surface area contributed by atoms with Gasteiger partial charge in [0, 0.05) is 17.8 Å². The predicted molar refractivity (Wildman–Crippen MR) is 80.8 cm³/mol. The molecular weight excluding hydrogens is 325 g/mol. The monoisotopic (exact) mass is 338 g/mol. The van der Waals surface area contributed by atoms with Crippen molar-refractivity contribution in [2.24, 2.45) is 0 Å². The number of hydrogen-bond donors (Lipinski definition) is 1. The first-order valence-electron chi connectivity index (χ1n) is 7.22. The molecule has 0 fully saturated rings. The number of nitro groups is 1. The molecule has 1 N–H and O–H groups in total. The number of aryl methyl sites for hydroxylation is 1. The Labute approximate surface area is 135 Å². The van der Waals surface area contributed by atoms with E-state index in [1.165, 1.54) is 18.2 Å². The number of benzene rings is 2. The summed E-state index contributed by atoms with van der Waals surface area (Å²) in [7, 11) is 0. The van der Waals surface area contributed by atoms with Gasteiger partial charge in [0.2, 0.25) is 5.75 Å². The number of rotatable bonds is 5. The summed E-state index contributed by atoms with van der Waals surface area (Å²) in [4.78, 5) is 10.1. The molecule has 2 aromatic rings. The van der Waals surface area contributed by atoms with Gasteiger partial charge in [-0.3, -0.25) is 10.1 Å². The molecule has 0 amide bonds. The highest BCUT2D eigenvalue weighted by atomic mass is 19.3. The first-order chi connectivity index (χ1) is 11.4. The molecule has 1 unspecified atom stereocenters. The number of nitrogens with zero attached hydrogens (tertiary/aromatic N) is 1. The van der Waals surface area contributed by atoms with Crippen LogP contribution in [-0.4, -0.2) is 11.5 Å². The zero-order valence-electron chi connectivity index (χ0n) is 12.3. The maximum Gasteiger partial charge on any atom is 0.387 e. The Morgan fingerprint density at radius 2 is 2.04 bits per heavy atom. The van der Waals surface area contributed by atoms with Crippen LogP contribution >= 0.6 is 0 Å². The van der Waals surface area contributed by atoms with E-state index in [1.54, 1.807) is 6.07 Å². The second-order valence-corrected chi connectivity index (χ2v) is 5.40. The topological polar surface area (TPSA) is 64.4 Å². The van der Waals surface area contributed by atoms with Crippen molar-refractivity contribution in [2.45, 2.75) is 25.5 Å². The van der Waals surface area contributed by atoms with Gasteiger partial charge in [0.05, 0.1) is 11.0 Å². The van der Waals surface area contributed by atoms with Crippen molar-refractivity contribution in [1.29, 1.82) is 0 Å². The normalized spacial score (nSPS) is 16.1. The molecule has 2 aromatic carbocycles. The molecule has 24 heavy (non-hydrogen) atoms. The third kappa shape index (κ3) is 3.27. The zero-order chi connectivity index (χ0) is 17.3. The van der Waals surface area contributed by atoms with E-state index in [9.17, 15) is 23.3 Å². The standard InChI is InChI=1S/C16H13F3N2O3/c17-10-3-1-9-2-5-13(12(9)7-10)20-11-4-6-14(21(22)23)15(8-11)24-16(18)19/h1,3-4,6-8,13,16,20H,2,5H2. The fourth-order valence-electron chi connectivity index (χ4n) is 2.87. The minimum Gasteiger partial charge on any atom is -0.427 e. The maximum atomic E-state index is 13.4. The molecule has 0 heterocycles. The molecule has 0 aromatic heterocycles. The second-order valence-electron chi connectivity index (χ2n) is 5.40. The van der Waals surface area contributed by atoms with Crippen molar-refractivity contribution in [1.82, 2.24) is 0 Å². The van der Waals surface area contributed by atoms with E-state index in [0.29, 0.717) is 12.1 Å². The molecule has 0 radical (unpaired) electrons. The zero-order valence-corrected chi connectivity index (χ0v) is 12.3. The van der Waals surface area contributed by atoms with Crippen LogP contribution in [0.15, 0.2) is 36.4 Å². The highest BCUT2D eigenvalue weighted by Crippen LogP contribution is 2.37. The van der Waals surface area contributed by atoms with Crippen molar-refractivity contribution in [3.05, 3.63) is 63.5 Å². The number of ether oxygens (including phenoxy) is 1. The maximum absolute atomic E-state index is 13.4. The van der Waals surface area contributed by atoms with Gasteiger partial charge in [0.1, 0.15) is 5.82 Å². The van der Waals surface area contributed by atoms with E-state index < -0.39 is 23.0 Å². The first kappa shape index (κ1) is 16.1. The Balaban J connectivity index is 1.86. The fraction of sp³-hybridized carbons (Fsp3) is 0.250. The van der Waals surface area contributed by atoms with Crippen LogP contribution in [-0.2, 0) is 6.42 Å². The molecule has 0 bridgehead atoms. The lowest BCUT2D eigenvalue weighted by Crippen LogP contribution is -2.09. The Morgan fingerprint density at radius 3 is 2.75 bits per heavy atom. The van der Waals surface area contributed by atoms with Gasteiger partial charge in [-0.1, -0.05) is 6.07 Å². The Kier molecular flexibility index (Phi) is 4.28. The molecule has 0 saturated carbocycles. The summed E-state index contributed by atoms with van der Waals surface area (Å²) in [5, 5.41) is 14.0. The molecule has 0 spiro atoms. The highest BCUT2D eigenvalue weighted by Gasteiger charge is 2.24. The minimum atomic E-state index is -3.17. The van der Waals surface area contributed by atoms with Gasteiger partial charge in [-0.25, -0.2) is 4.39 Å². The lowest BCUT2D eigenvalue weighted by Gasteiger charge is -2.16. The van der Waals surface area contributed by atoms with Crippen molar-refractivity contribution in [3.63, 3.8) is 0 Å². The first-order valence-corrected chi connectivity index (χ1v) is 7.22. The Morgan fingerprint density at radius 1 is 1.25 bits per heavy atom. The largest absolute Gasteiger partial charge is 0.427 e. The molecule has 0 saturated heterocycles. The molecule has 126 valence electrons. The fourth-order valence-corrected chi connectivity index (χ4v) is 2.87. The Hall–Kier alpha value is -2.77. The molecule has 5 nitrogen and oxygen atoms in total. The number of alkyl halides is 2. The number of nitrogens with one attached hydrogen (secondary N) is 1. The van der Waals surface area contributed by atoms with Crippen molar-refractivity contribution < 1.29 is 22.8 Å². The lowest BCUT2D eigenvalue weighted by molar-refractivity contribution is -0.386. The van der Waals surface area contributed by atoms with E-state index >= 15 is 0 Å². The number of hydrogen-bond acceptors (Lipinski definition) is 4. The second kappa shape index (κ2) is 6.38. The van der Waals surface area contributed by atoms with E-state index in [1.807, 2.05) is 0 Å². The van der Waals surface area contributed by atoms with Crippen molar-refractivity contribution in [2.75, 3.05) is 5.32 Å².